The van der Waals surface area contributed by atoms with E-state index in [0.29, 0.717) is 0 Å². The lowest BCUT2D eigenvalue weighted by atomic mass is 10.2. The van der Waals surface area contributed by atoms with Gasteiger partial charge in [0.25, 0.3) is 0 Å². The summed E-state index contributed by atoms with van der Waals surface area (Å²) in [5.41, 5.74) is 2.21. The summed E-state index contributed by atoms with van der Waals surface area (Å²) in [6.07, 6.45) is 0. The van der Waals surface area contributed by atoms with E-state index in [2.05, 4.69) is 22.3 Å². The average Bonchev–Trinajstić information content (AvgIpc) is 2.39. The second-order valence-electron chi connectivity index (χ2n) is 3.73. The second kappa shape index (κ2) is 5.07. The van der Waals surface area contributed by atoms with Crippen molar-refractivity contribution in [3.8, 4) is 5.75 Å². The topological polar surface area (TPSA) is 33.7 Å². The van der Waals surface area contributed by atoms with Crippen LogP contribution in [0.4, 0.5) is 11.4 Å². The molecule has 0 atom stereocenters. The number of nitrogens with one attached hydrogen (secondary N) is 1. The number of hydrogen-bond acceptors (Lipinski definition) is 4. The number of methoxy groups -OCH3 is 1. The fourth-order valence-electron chi connectivity index (χ4n) is 1.90. The molecule has 1 aromatic carbocycles. The van der Waals surface area contributed by atoms with Gasteiger partial charge in [-0.15, -0.1) is 0 Å². The molecule has 0 saturated carbocycles. The number of nitrogens with zero attached hydrogens (tertiary/aromatic N) is 1. The Hall–Kier alpha value is -1.42. The standard InChI is InChI=1S/C12H18N2O2/c1-13-11-4-3-10(9-12(11)15-2)14-5-7-16-8-6-14/h3-4,9,13H,5-8H2,1-2H3. The van der Waals surface area contributed by atoms with Crippen molar-refractivity contribution in [2.45, 2.75) is 0 Å². The molecule has 1 heterocycles. The van der Waals surface area contributed by atoms with Crippen molar-refractivity contribution >= 4 is 11.4 Å². The lowest BCUT2D eigenvalue weighted by Gasteiger charge is -2.29. The van der Waals surface area contributed by atoms with Gasteiger partial charge in [-0.1, -0.05) is 0 Å². The second-order valence-corrected chi connectivity index (χ2v) is 3.73. The van der Waals surface area contributed by atoms with Crippen LogP contribution in [-0.4, -0.2) is 40.5 Å². The molecule has 0 bridgehead atoms. The van der Waals surface area contributed by atoms with E-state index in [9.17, 15) is 0 Å². The molecule has 2 rings (SSSR count). The van der Waals surface area contributed by atoms with Crippen LogP contribution in [0.1, 0.15) is 0 Å². The maximum absolute atomic E-state index is 5.35. The van der Waals surface area contributed by atoms with Crippen LogP contribution in [0, 0.1) is 0 Å². The fraction of sp³-hybridized carbons (Fsp3) is 0.500. The van der Waals surface area contributed by atoms with Crippen LogP contribution in [0.5, 0.6) is 5.75 Å². The van der Waals surface area contributed by atoms with Gasteiger partial charge in [0, 0.05) is 31.9 Å². The van der Waals surface area contributed by atoms with Crippen LogP contribution < -0.4 is 15.0 Å². The molecular formula is C12H18N2O2. The number of morpholine rings is 1. The monoisotopic (exact) mass is 222 g/mol. The molecule has 1 aromatic rings. The van der Waals surface area contributed by atoms with Gasteiger partial charge < -0.3 is 19.7 Å². The highest BCUT2D eigenvalue weighted by Crippen LogP contribution is 2.29. The molecule has 0 amide bonds. The zero-order valence-electron chi connectivity index (χ0n) is 9.82. The zero-order valence-corrected chi connectivity index (χ0v) is 9.82. The lowest BCUT2D eigenvalue weighted by Crippen LogP contribution is -2.36. The molecule has 0 unspecified atom stereocenters. The van der Waals surface area contributed by atoms with Crippen molar-refractivity contribution in [2.24, 2.45) is 0 Å². The molecule has 1 fully saturated rings. The first-order valence-corrected chi connectivity index (χ1v) is 5.53. The highest BCUT2D eigenvalue weighted by molar-refractivity contribution is 5.64. The van der Waals surface area contributed by atoms with Crippen LogP contribution in [0.2, 0.25) is 0 Å². The summed E-state index contributed by atoms with van der Waals surface area (Å²) in [4.78, 5) is 2.31. The third kappa shape index (κ3) is 2.22. The summed E-state index contributed by atoms with van der Waals surface area (Å²) < 4.78 is 10.7. The molecule has 0 aromatic heterocycles. The smallest absolute Gasteiger partial charge is 0.144 e. The number of benzene rings is 1. The van der Waals surface area contributed by atoms with Crippen molar-refractivity contribution < 1.29 is 9.47 Å². The van der Waals surface area contributed by atoms with Gasteiger partial charge in [-0.05, 0) is 12.1 Å². The van der Waals surface area contributed by atoms with Crippen molar-refractivity contribution in [2.75, 3.05) is 50.7 Å². The molecule has 88 valence electrons. The van der Waals surface area contributed by atoms with Gasteiger partial charge in [0.05, 0.1) is 26.0 Å². The van der Waals surface area contributed by atoms with Gasteiger partial charge in [-0.3, -0.25) is 0 Å². The summed E-state index contributed by atoms with van der Waals surface area (Å²) in [7, 11) is 3.59. The summed E-state index contributed by atoms with van der Waals surface area (Å²) >= 11 is 0. The molecule has 0 spiro atoms. The largest absolute Gasteiger partial charge is 0.495 e. The minimum absolute atomic E-state index is 0.802. The van der Waals surface area contributed by atoms with Crippen LogP contribution in [0.25, 0.3) is 0 Å². The van der Waals surface area contributed by atoms with E-state index in [1.807, 2.05) is 13.1 Å². The van der Waals surface area contributed by atoms with E-state index in [0.717, 1.165) is 37.7 Å². The molecular weight excluding hydrogens is 204 g/mol. The summed E-state index contributed by atoms with van der Waals surface area (Å²) in [5.74, 6) is 0.881. The number of anilines is 2. The van der Waals surface area contributed by atoms with Crippen molar-refractivity contribution in [3.63, 3.8) is 0 Å². The Bertz CT molecular complexity index is 349. The van der Waals surface area contributed by atoms with Crippen molar-refractivity contribution in [1.29, 1.82) is 0 Å². The Kier molecular flexibility index (Phi) is 3.51. The fourth-order valence-corrected chi connectivity index (χ4v) is 1.90. The number of rotatable bonds is 3. The normalized spacial score (nSPS) is 16.0. The average molecular weight is 222 g/mol. The zero-order chi connectivity index (χ0) is 11.4. The van der Waals surface area contributed by atoms with Gasteiger partial charge in [-0.25, -0.2) is 0 Å². The van der Waals surface area contributed by atoms with E-state index >= 15 is 0 Å². The maximum Gasteiger partial charge on any atom is 0.144 e. The molecule has 4 heteroatoms. The van der Waals surface area contributed by atoms with E-state index in [4.69, 9.17) is 9.47 Å². The molecule has 0 radical (unpaired) electrons. The Morgan fingerprint density at radius 1 is 1.31 bits per heavy atom. The summed E-state index contributed by atoms with van der Waals surface area (Å²) in [5, 5.41) is 3.11. The predicted molar refractivity (Wildman–Crippen MR) is 65.6 cm³/mol. The third-order valence-corrected chi connectivity index (χ3v) is 2.83. The van der Waals surface area contributed by atoms with E-state index < -0.39 is 0 Å². The maximum atomic E-state index is 5.35. The van der Waals surface area contributed by atoms with Crippen LogP contribution in [0.15, 0.2) is 18.2 Å². The first-order chi connectivity index (χ1) is 7.85. The molecule has 16 heavy (non-hydrogen) atoms. The minimum Gasteiger partial charge on any atom is -0.495 e. The number of ether oxygens (including phenoxy) is 2. The third-order valence-electron chi connectivity index (χ3n) is 2.83. The Balaban J connectivity index is 2.20. The lowest BCUT2D eigenvalue weighted by molar-refractivity contribution is 0.122. The molecule has 0 aliphatic carbocycles. The molecule has 1 aliphatic rings. The van der Waals surface area contributed by atoms with Crippen molar-refractivity contribution in [1.82, 2.24) is 0 Å². The highest BCUT2D eigenvalue weighted by atomic mass is 16.5. The quantitative estimate of drug-likeness (QED) is 0.841. The van der Waals surface area contributed by atoms with Crippen molar-refractivity contribution in [3.05, 3.63) is 18.2 Å². The first-order valence-electron chi connectivity index (χ1n) is 5.53. The predicted octanol–water partition coefficient (Wildman–Crippen LogP) is 1.57. The SMILES string of the molecule is CNc1ccc(N2CCOCC2)cc1OC. The minimum atomic E-state index is 0.802. The van der Waals surface area contributed by atoms with E-state index in [1.165, 1.54) is 5.69 Å². The van der Waals surface area contributed by atoms with Crippen LogP contribution in [-0.2, 0) is 4.74 Å². The molecule has 1 aliphatic heterocycles. The van der Waals surface area contributed by atoms with E-state index in [1.54, 1.807) is 7.11 Å². The Morgan fingerprint density at radius 2 is 2.06 bits per heavy atom. The Morgan fingerprint density at radius 3 is 2.69 bits per heavy atom. The van der Waals surface area contributed by atoms with Crippen LogP contribution >= 0.6 is 0 Å². The molecule has 1 saturated heterocycles. The van der Waals surface area contributed by atoms with Gasteiger partial charge in [-0.2, -0.15) is 0 Å². The van der Waals surface area contributed by atoms with E-state index in [-0.39, 0.29) is 0 Å². The van der Waals surface area contributed by atoms with Gasteiger partial charge in [0.2, 0.25) is 0 Å². The van der Waals surface area contributed by atoms with Gasteiger partial charge >= 0.3 is 0 Å². The van der Waals surface area contributed by atoms with Gasteiger partial charge in [0.1, 0.15) is 5.75 Å². The van der Waals surface area contributed by atoms with Crippen LogP contribution in [0.3, 0.4) is 0 Å². The Labute approximate surface area is 96.2 Å². The molecule has 1 N–H and O–H groups in total. The first kappa shape index (κ1) is 11.1. The highest BCUT2D eigenvalue weighted by Gasteiger charge is 2.12. The molecule has 4 nitrogen and oxygen atoms in total. The van der Waals surface area contributed by atoms with Gasteiger partial charge in [0.15, 0.2) is 0 Å². The summed E-state index contributed by atoms with van der Waals surface area (Å²) in [6.45, 7) is 3.50. The summed E-state index contributed by atoms with van der Waals surface area (Å²) in [6, 6.07) is 6.22. The number of hydrogen-bond donors (Lipinski definition) is 1.